The van der Waals surface area contributed by atoms with Crippen LogP contribution in [0.1, 0.15) is 32.6 Å². The van der Waals surface area contributed by atoms with E-state index in [0.717, 1.165) is 6.04 Å². The highest BCUT2D eigenvalue weighted by atomic mass is 16.4. The molecule has 1 saturated heterocycles. The highest BCUT2D eigenvalue weighted by Gasteiger charge is 2.03. The smallest absolute Gasteiger partial charge is 0.328 e. The molecule has 1 atom stereocenters. The van der Waals surface area contributed by atoms with Crippen molar-refractivity contribution in [2.75, 3.05) is 6.54 Å². The lowest BCUT2D eigenvalue weighted by molar-refractivity contribution is -0.134. The summed E-state index contributed by atoms with van der Waals surface area (Å²) in [5.74, 6) is -2.51. The minimum Gasteiger partial charge on any atom is -0.478 e. The van der Waals surface area contributed by atoms with Crippen molar-refractivity contribution in [3.63, 3.8) is 0 Å². The number of hydrogen-bond donors (Lipinski definition) is 3. The minimum atomic E-state index is -1.26. The first kappa shape index (κ1) is 14.6. The van der Waals surface area contributed by atoms with Gasteiger partial charge in [-0.3, -0.25) is 0 Å². The second kappa shape index (κ2) is 8.91. The Labute approximate surface area is 95.2 Å². The zero-order valence-electron chi connectivity index (χ0n) is 9.48. The van der Waals surface area contributed by atoms with Gasteiger partial charge in [0.2, 0.25) is 0 Å². The lowest BCUT2D eigenvalue weighted by Crippen LogP contribution is -2.24. The molecular formula is C11H19NO4. The summed E-state index contributed by atoms with van der Waals surface area (Å²) in [4.78, 5) is 19.1. The first-order valence-electron chi connectivity index (χ1n) is 5.39. The second-order valence-corrected chi connectivity index (χ2v) is 3.71. The van der Waals surface area contributed by atoms with Gasteiger partial charge in [0.05, 0.1) is 0 Å². The number of hydrogen-bond acceptors (Lipinski definition) is 3. The SMILES string of the molecule is CC1CCCCCN1.O=C(O)/C=C/C(=O)O. The van der Waals surface area contributed by atoms with E-state index in [1.807, 2.05) is 0 Å². The molecule has 0 aromatic carbocycles. The second-order valence-electron chi connectivity index (χ2n) is 3.71. The van der Waals surface area contributed by atoms with Crippen LogP contribution in [0.2, 0.25) is 0 Å². The molecule has 0 aromatic heterocycles. The third-order valence-corrected chi connectivity index (χ3v) is 2.18. The molecule has 0 aromatic rings. The summed E-state index contributed by atoms with van der Waals surface area (Å²) in [5.41, 5.74) is 0. The summed E-state index contributed by atoms with van der Waals surface area (Å²) in [5, 5.41) is 19.1. The Morgan fingerprint density at radius 3 is 2.19 bits per heavy atom. The maximum absolute atomic E-state index is 9.55. The van der Waals surface area contributed by atoms with Gasteiger partial charge >= 0.3 is 11.9 Å². The van der Waals surface area contributed by atoms with E-state index in [1.54, 1.807) is 0 Å². The molecule has 0 saturated carbocycles. The van der Waals surface area contributed by atoms with E-state index in [1.165, 1.54) is 32.2 Å². The molecule has 1 unspecified atom stereocenters. The summed E-state index contributed by atoms with van der Waals surface area (Å²) in [7, 11) is 0. The number of carboxylic acid groups (broad SMARTS) is 2. The molecule has 1 aliphatic heterocycles. The van der Waals surface area contributed by atoms with E-state index in [4.69, 9.17) is 10.2 Å². The van der Waals surface area contributed by atoms with Crippen molar-refractivity contribution in [2.45, 2.75) is 38.6 Å². The summed E-state index contributed by atoms with van der Waals surface area (Å²) in [6, 6.07) is 0.775. The first-order valence-corrected chi connectivity index (χ1v) is 5.39. The molecule has 0 radical (unpaired) electrons. The molecule has 1 rings (SSSR count). The largest absolute Gasteiger partial charge is 0.478 e. The van der Waals surface area contributed by atoms with E-state index < -0.39 is 11.9 Å². The van der Waals surface area contributed by atoms with Crippen LogP contribution in [0.25, 0.3) is 0 Å². The summed E-state index contributed by atoms with van der Waals surface area (Å²) >= 11 is 0. The Morgan fingerprint density at radius 2 is 1.69 bits per heavy atom. The average Bonchev–Trinajstić information content (AvgIpc) is 2.44. The van der Waals surface area contributed by atoms with Crippen LogP contribution in [0.3, 0.4) is 0 Å². The van der Waals surface area contributed by atoms with Crippen LogP contribution in [0.4, 0.5) is 0 Å². The van der Waals surface area contributed by atoms with Crippen molar-refractivity contribution in [2.24, 2.45) is 0 Å². The molecule has 16 heavy (non-hydrogen) atoms. The van der Waals surface area contributed by atoms with Gasteiger partial charge < -0.3 is 15.5 Å². The average molecular weight is 229 g/mol. The van der Waals surface area contributed by atoms with Crippen molar-refractivity contribution in [3.05, 3.63) is 12.2 Å². The van der Waals surface area contributed by atoms with Gasteiger partial charge in [-0.2, -0.15) is 0 Å². The van der Waals surface area contributed by atoms with Crippen LogP contribution in [-0.4, -0.2) is 34.7 Å². The fourth-order valence-electron chi connectivity index (χ4n) is 1.35. The fourth-order valence-corrected chi connectivity index (χ4v) is 1.35. The number of rotatable bonds is 2. The molecule has 0 aliphatic carbocycles. The van der Waals surface area contributed by atoms with Crippen molar-refractivity contribution >= 4 is 11.9 Å². The molecule has 0 spiro atoms. The molecule has 0 amide bonds. The highest BCUT2D eigenvalue weighted by molar-refractivity contribution is 5.89. The van der Waals surface area contributed by atoms with Crippen LogP contribution in [0, 0.1) is 0 Å². The zero-order chi connectivity index (χ0) is 12.4. The van der Waals surface area contributed by atoms with E-state index in [0.29, 0.717) is 12.2 Å². The van der Waals surface area contributed by atoms with Crippen LogP contribution < -0.4 is 5.32 Å². The van der Waals surface area contributed by atoms with Crippen LogP contribution in [-0.2, 0) is 9.59 Å². The number of aliphatic carboxylic acids is 2. The molecule has 5 nitrogen and oxygen atoms in total. The molecule has 1 aliphatic rings. The van der Waals surface area contributed by atoms with Crippen molar-refractivity contribution in [1.82, 2.24) is 5.32 Å². The Balaban J connectivity index is 0.000000281. The highest BCUT2D eigenvalue weighted by Crippen LogP contribution is 2.06. The topological polar surface area (TPSA) is 86.6 Å². The molecule has 1 fully saturated rings. The fraction of sp³-hybridized carbons (Fsp3) is 0.636. The van der Waals surface area contributed by atoms with Gasteiger partial charge in [0.15, 0.2) is 0 Å². The zero-order valence-corrected chi connectivity index (χ0v) is 9.48. The van der Waals surface area contributed by atoms with Gasteiger partial charge in [0.25, 0.3) is 0 Å². The van der Waals surface area contributed by atoms with Gasteiger partial charge in [-0.25, -0.2) is 9.59 Å². The van der Waals surface area contributed by atoms with Gasteiger partial charge in [-0.1, -0.05) is 12.8 Å². The van der Waals surface area contributed by atoms with E-state index in [-0.39, 0.29) is 0 Å². The molecule has 3 N–H and O–H groups in total. The summed E-state index contributed by atoms with van der Waals surface area (Å²) in [6.07, 6.45) is 6.72. The molecule has 0 bridgehead atoms. The van der Waals surface area contributed by atoms with Gasteiger partial charge in [-0.15, -0.1) is 0 Å². The lowest BCUT2D eigenvalue weighted by atomic mass is 10.1. The Bertz CT molecular complexity index is 226. The molecule has 1 heterocycles. The van der Waals surface area contributed by atoms with Gasteiger partial charge in [0.1, 0.15) is 0 Å². The standard InChI is InChI=1S/C7H15N.C4H4O4/c1-7-5-3-2-4-6-8-7;5-3(6)1-2-4(7)8/h7-8H,2-6H2,1H3;1-2H,(H,5,6)(H,7,8)/b;2-1+. The van der Waals surface area contributed by atoms with Crippen molar-refractivity contribution in [1.29, 1.82) is 0 Å². The van der Waals surface area contributed by atoms with E-state index in [9.17, 15) is 9.59 Å². The predicted molar refractivity (Wildman–Crippen MR) is 60.3 cm³/mol. The normalized spacial score (nSPS) is 20.7. The first-order chi connectivity index (χ1) is 7.52. The van der Waals surface area contributed by atoms with E-state index >= 15 is 0 Å². The molecule has 92 valence electrons. The number of nitrogens with one attached hydrogen (secondary N) is 1. The molecular weight excluding hydrogens is 210 g/mol. The monoisotopic (exact) mass is 229 g/mol. The number of carboxylic acids is 2. The maximum atomic E-state index is 9.55. The predicted octanol–water partition coefficient (Wildman–Crippen LogP) is 1.25. The minimum absolute atomic E-state index is 0.558. The lowest BCUT2D eigenvalue weighted by Gasteiger charge is -2.06. The molecule has 5 heteroatoms. The third-order valence-electron chi connectivity index (χ3n) is 2.18. The maximum Gasteiger partial charge on any atom is 0.328 e. The Hall–Kier alpha value is -1.36. The van der Waals surface area contributed by atoms with Gasteiger partial charge in [0, 0.05) is 18.2 Å². The quantitative estimate of drug-likeness (QED) is 0.620. The third kappa shape index (κ3) is 10.7. The number of carbonyl (C=O) groups is 2. The van der Waals surface area contributed by atoms with Crippen LogP contribution in [0.15, 0.2) is 12.2 Å². The van der Waals surface area contributed by atoms with Crippen LogP contribution in [0.5, 0.6) is 0 Å². The van der Waals surface area contributed by atoms with E-state index in [2.05, 4.69) is 12.2 Å². The summed E-state index contributed by atoms with van der Waals surface area (Å²) in [6.45, 7) is 3.51. The van der Waals surface area contributed by atoms with Crippen LogP contribution >= 0.6 is 0 Å². The Morgan fingerprint density at radius 1 is 1.12 bits per heavy atom. The van der Waals surface area contributed by atoms with Crippen molar-refractivity contribution in [3.8, 4) is 0 Å². The van der Waals surface area contributed by atoms with Crippen molar-refractivity contribution < 1.29 is 19.8 Å². The van der Waals surface area contributed by atoms with Gasteiger partial charge in [-0.05, 0) is 26.3 Å². The summed E-state index contributed by atoms with van der Waals surface area (Å²) < 4.78 is 0. The Kier molecular flexibility index (Phi) is 8.15.